The minimum absolute atomic E-state index is 0.0620. The Labute approximate surface area is 139 Å². The summed E-state index contributed by atoms with van der Waals surface area (Å²) in [5.74, 6) is -0.0620. The Kier molecular flexibility index (Phi) is 5.70. The van der Waals surface area contributed by atoms with E-state index >= 15 is 0 Å². The molecule has 0 aliphatic rings. The van der Waals surface area contributed by atoms with E-state index in [-0.39, 0.29) is 24.1 Å². The topological polar surface area (TPSA) is 79.6 Å². The predicted molar refractivity (Wildman–Crippen MR) is 92.3 cm³/mol. The first-order valence-electron chi connectivity index (χ1n) is 7.84. The number of hydrogen-bond donors (Lipinski definition) is 1. The Balaban J connectivity index is 2.18. The summed E-state index contributed by atoms with van der Waals surface area (Å²) in [4.78, 5) is 30.8. The number of aromatic nitrogens is 3. The molecule has 23 heavy (non-hydrogen) atoms. The smallest absolute Gasteiger partial charge is 0.275 e. The van der Waals surface area contributed by atoms with Crippen molar-refractivity contribution in [2.24, 2.45) is 0 Å². The summed E-state index contributed by atoms with van der Waals surface area (Å²) in [6, 6.07) is 1.67. The van der Waals surface area contributed by atoms with Gasteiger partial charge in [0.15, 0.2) is 0 Å². The number of fused-ring (bicyclic) bond motifs is 1. The van der Waals surface area contributed by atoms with E-state index in [1.807, 2.05) is 20.8 Å². The Morgan fingerprint density at radius 2 is 2.22 bits per heavy atom. The van der Waals surface area contributed by atoms with Crippen molar-refractivity contribution in [3.05, 3.63) is 22.1 Å². The van der Waals surface area contributed by atoms with Gasteiger partial charge in [0.25, 0.3) is 5.56 Å². The van der Waals surface area contributed by atoms with Crippen LogP contribution in [0.4, 0.5) is 5.13 Å². The molecular weight excluding hydrogens is 314 g/mol. The van der Waals surface area contributed by atoms with Gasteiger partial charge in [-0.1, -0.05) is 31.6 Å². The van der Waals surface area contributed by atoms with E-state index in [1.54, 1.807) is 11.9 Å². The van der Waals surface area contributed by atoms with Crippen LogP contribution in [0.1, 0.15) is 39.3 Å². The number of nitrogens with zero attached hydrogens (tertiary/aromatic N) is 4. The molecule has 1 N–H and O–H groups in total. The van der Waals surface area contributed by atoms with Crippen molar-refractivity contribution in [3.63, 3.8) is 0 Å². The summed E-state index contributed by atoms with van der Waals surface area (Å²) in [5.41, 5.74) is 0.600. The van der Waals surface area contributed by atoms with Crippen LogP contribution in [0.15, 0.2) is 10.9 Å². The van der Waals surface area contributed by atoms with Crippen molar-refractivity contribution in [3.8, 4) is 0 Å². The Hall–Kier alpha value is -1.96. The second-order valence-electron chi connectivity index (χ2n) is 5.65. The summed E-state index contributed by atoms with van der Waals surface area (Å²) in [7, 11) is 1.78. The number of likely N-dealkylation sites (N-methyl/N-ethyl adjacent to an activating group) is 1. The minimum Gasteiger partial charge on any atom is -0.352 e. The van der Waals surface area contributed by atoms with Gasteiger partial charge in [0.2, 0.25) is 16.0 Å². The molecule has 0 radical (unpaired) electrons. The lowest BCUT2D eigenvalue weighted by molar-refractivity contribution is -0.120. The number of rotatable bonds is 7. The summed E-state index contributed by atoms with van der Waals surface area (Å²) in [6.45, 7) is 6.23. The molecule has 0 aliphatic carbocycles. The molecule has 2 heterocycles. The monoisotopic (exact) mass is 337 g/mol. The molecule has 2 rings (SSSR count). The molecule has 2 aromatic heterocycles. The quantitative estimate of drug-likeness (QED) is 0.827. The third kappa shape index (κ3) is 4.28. The van der Waals surface area contributed by atoms with Gasteiger partial charge in [-0.25, -0.2) is 4.98 Å². The lowest BCUT2D eigenvalue weighted by atomic mass is 10.2. The number of hydrogen-bond acceptors (Lipinski definition) is 6. The summed E-state index contributed by atoms with van der Waals surface area (Å²) >= 11 is 1.31. The Morgan fingerprint density at radius 1 is 1.48 bits per heavy atom. The summed E-state index contributed by atoms with van der Waals surface area (Å²) < 4.78 is 1.29. The van der Waals surface area contributed by atoms with Gasteiger partial charge in [-0.15, -0.1) is 5.10 Å². The zero-order chi connectivity index (χ0) is 17.0. The maximum atomic E-state index is 12.1. The summed E-state index contributed by atoms with van der Waals surface area (Å²) in [6.07, 6.45) is 2.59. The van der Waals surface area contributed by atoms with Crippen LogP contribution in [-0.4, -0.2) is 40.1 Å². The van der Waals surface area contributed by atoms with Crippen LogP contribution in [0.2, 0.25) is 0 Å². The van der Waals surface area contributed by atoms with Gasteiger partial charge in [0.1, 0.15) is 0 Å². The van der Waals surface area contributed by atoms with Crippen LogP contribution in [-0.2, 0) is 11.2 Å². The lowest BCUT2D eigenvalue weighted by Crippen LogP contribution is -2.39. The van der Waals surface area contributed by atoms with Crippen molar-refractivity contribution in [2.75, 3.05) is 18.5 Å². The molecule has 0 fully saturated rings. The fraction of sp³-hybridized carbons (Fsp3) is 0.600. The maximum absolute atomic E-state index is 12.1. The first-order valence-corrected chi connectivity index (χ1v) is 8.66. The minimum atomic E-state index is -0.182. The van der Waals surface area contributed by atoms with Gasteiger partial charge < -0.3 is 10.2 Å². The van der Waals surface area contributed by atoms with Crippen LogP contribution in [0.5, 0.6) is 0 Å². The van der Waals surface area contributed by atoms with E-state index in [0.29, 0.717) is 10.1 Å². The number of nitrogens with one attached hydrogen (secondary N) is 1. The van der Waals surface area contributed by atoms with Crippen molar-refractivity contribution in [2.45, 2.75) is 46.1 Å². The van der Waals surface area contributed by atoms with E-state index in [4.69, 9.17) is 0 Å². The third-order valence-corrected chi connectivity index (χ3v) is 4.54. The molecule has 126 valence electrons. The van der Waals surface area contributed by atoms with Crippen molar-refractivity contribution >= 4 is 27.3 Å². The van der Waals surface area contributed by atoms with Crippen LogP contribution in [0, 0.1) is 0 Å². The largest absolute Gasteiger partial charge is 0.352 e. The van der Waals surface area contributed by atoms with E-state index in [0.717, 1.165) is 25.0 Å². The fourth-order valence-electron chi connectivity index (χ4n) is 2.09. The molecule has 0 unspecified atom stereocenters. The van der Waals surface area contributed by atoms with Crippen LogP contribution in [0.25, 0.3) is 4.96 Å². The van der Waals surface area contributed by atoms with Crippen molar-refractivity contribution in [1.82, 2.24) is 19.9 Å². The first kappa shape index (κ1) is 17.4. The van der Waals surface area contributed by atoms with Gasteiger partial charge in [0, 0.05) is 24.8 Å². The normalized spacial score (nSPS) is 12.3. The highest BCUT2D eigenvalue weighted by atomic mass is 32.1. The lowest BCUT2D eigenvalue weighted by Gasteiger charge is -2.17. The van der Waals surface area contributed by atoms with Gasteiger partial charge in [0.05, 0.1) is 6.54 Å². The number of carbonyl (C=O) groups excluding carboxylic acids is 1. The number of amides is 1. The van der Waals surface area contributed by atoms with Crippen molar-refractivity contribution < 1.29 is 4.79 Å². The van der Waals surface area contributed by atoms with Crippen LogP contribution in [0.3, 0.4) is 0 Å². The van der Waals surface area contributed by atoms with Gasteiger partial charge in [-0.05, 0) is 19.8 Å². The Morgan fingerprint density at radius 3 is 2.87 bits per heavy atom. The van der Waals surface area contributed by atoms with E-state index in [2.05, 4.69) is 15.4 Å². The molecule has 0 saturated heterocycles. The van der Waals surface area contributed by atoms with E-state index in [1.165, 1.54) is 21.9 Å². The molecule has 7 nitrogen and oxygen atoms in total. The predicted octanol–water partition coefficient (Wildman–Crippen LogP) is 1.45. The standard InChI is InChI=1S/C15H23N5O2S/c1-5-7-11-8-13(22)20-14(17-11)23-15(18-20)19(4)9-12(21)16-10(3)6-2/h8,10H,5-7,9H2,1-4H3,(H,16,21)/t10-/m1/s1. The number of carbonyl (C=O) groups is 1. The molecule has 0 saturated carbocycles. The molecule has 1 atom stereocenters. The van der Waals surface area contributed by atoms with Gasteiger partial charge in [-0.2, -0.15) is 4.52 Å². The molecular formula is C15H23N5O2S. The highest BCUT2D eigenvalue weighted by Gasteiger charge is 2.15. The van der Waals surface area contributed by atoms with E-state index < -0.39 is 0 Å². The van der Waals surface area contributed by atoms with Gasteiger partial charge >= 0.3 is 0 Å². The van der Waals surface area contributed by atoms with Gasteiger partial charge in [-0.3, -0.25) is 9.59 Å². The van der Waals surface area contributed by atoms with E-state index in [9.17, 15) is 9.59 Å². The maximum Gasteiger partial charge on any atom is 0.275 e. The zero-order valence-corrected chi connectivity index (χ0v) is 14.8. The molecule has 0 spiro atoms. The first-order chi connectivity index (χ1) is 10.9. The fourth-order valence-corrected chi connectivity index (χ4v) is 2.98. The second kappa shape index (κ2) is 7.54. The number of anilines is 1. The SMILES string of the molecule is CCCc1cc(=O)n2nc(N(C)CC(=O)N[C@H](C)CC)sc2n1. The highest BCUT2D eigenvalue weighted by molar-refractivity contribution is 7.20. The Bertz CT molecular complexity index is 739. The molecule has 2 aromatic rings. The number of aryl methyl sites for hydroxylation is 1. The molecule has 0 aliphatic heterocycles. The molecule has 0 aromatic carbocycles. The average Bonchev–Trinajstić information content (AvgIpc) is 2.92. The van der Waals surface area contributed by atoms with Crippen LogP contribution >= 0.6 is 11.3 Å². The van der Waals surface area contributed by atoms with Crippen molar-refractivity contribution in [1.29, 1.82) is 0 Å². The zero-order valence-electron chi connectivity index (χ0n) is 14.0. The highest BCUT2D eigenvalue weighted by Crippen LogP contribution is 2.20. The third-order valence-electron chi connectivity index (χ3n) is 3.52. The molecule has 0 bridgehead atoms. The molecule has 1 amide bonds. The molecule has 8 heteroatoms. The summed E-state index contributed by atoms with van der Waals surface area (Å²) in [5, 5.41) is 7.78. The second-order valence-corrected chi connectivity index (χ2v) is 6.58. The van der Waals surface area contributed by atoms with Crippen LogP contribution < -0.4 is 15.8 Å². The average molecular weight is 337 g/mol.